The lowest BCUT2D eigenvalue weighted by atomic mass is 10.2. The van der Waals surface area contributed by atoms with Crippen molar-refractivity contribution in [1.29, 1.82) is 0 Å². The van der Waals surface area contributed by atoms with Gasteiger partial charge in [0, 0.05) is 51.3 Å². The molecule has 140 valence electrons. The molecule has 0 unspecified atom stereocenters. The number of rotatable bonds is 4. The van der Waals surface area contributed by atoms with Gasteiger partial charge in [0.1, 0.15) is 0 Å². The van der Waals surface area contributed by atoms with Crippen molar-refractivity contribution in [3.8, 4) is 0 Å². The van der Waals surface area contributed by atoms with E-state index in [2.05, 4.69) is 5.32 Å². The largest absolute Gasteiger partial charge is 0.490 e. The molecule has 2 aliphatic heterocycles. The number of carboxylic acid groups (broad SMARTS) is 1. The van der Waals surface area contributed by atoms with Crippen LogP contribution in [0.1, 0.15) is 12.8 Å². The summed E-state index contributed by atoms with van der Waals surface area (Å²) >= 11 is 0. The molecule has 11 heteroatoms. The Morgan fingerprint density at radius 3 is 2.04 bits per heavy atom. The molecule has 0 saturated carbocycles. The molecule has 3 amide bonds. The van der Waals surface area contributed by atoms with E-state index in [1.807, 2.05) is 4.90 Å². The van der Waals surface area contributed by atoms with Gasteiger partial charge in [-0.25, -0.2) is 4.79 Å². The average Bonchev–Trinajstić information content (AvgIpc) is 2.87. The topological polar surface area (TPSA) is 107 Å². The lowest BCUT2D eigenvalue weighted by molar-refractivity contribution is -0.192. The Labute approximate surface area is 141 Å². The number of nitrogens with one attached hydrogen (secondary N) is 1. The summed E-state index contributed by atoms with van der Waals surface area (Å²) < 4.78 is 31.7. The number of imide groups is 1. The molecule has 2 N–H and O–H groups in total. The molecule has 2 aliphatic rings. The number of hydrogen-bond donors (Lipinski definition) is 2. The van der Waals surface area contributed by atoms with Crippen LogP contribution in [0.15, 0.2) is 12.2 Å². The maximum atomic E-state index is 11.8. The molecule has 1 fully saturated rings. The van der Waals surface area contributed by atoms with Crippen LogP contribution in [0, 0.1) is 0 Å². The summed E-state index contributed by atoms with van der Waals surface area (Å²) in [6.45, 7) is 3.46. The summed E-state index contributed by atoms with van der Waals surface area (Å²) in [5, 5.41) is 10.3. The summed E-state index contributed by atoms with van der Waals surface area (Å²) in [7, 11) is 0. The number of amides is 3. The number of alkyl halides is 3. The lowest BCUT2D eigenvalue weighted by Crippen LogP contribution is -2.46. The van der Waals surface area contributed by atoms with Gasteiger partial charge >= 0.3 is 12.1 Å². The van der Waals surface area contributed by atoms with Gasteiger partial charge in [0.2, 0.25) is 5.91 Å². The molecule has 25 heavy (non-hydrogen) atoms. The van der Waals surface area contributed by atoms with Gasteiger partial charge in [0.15, 0.2) is 0 Å². The summed E-state index contributed by atoms with van der Waals surface area (Å²) in [5.41, 5.74) is 0. The first-order valence-electron chi connectivity index (χ1n) is 7.45. The van der Waals surface area contributed by atoms with E-state index in [0.717, 1.165) is 26.2 Å². The van der Waals surface area contributed by atoms with E-state index in [4.69, 9.17) is 9.90 Å². The molecule has 8 nitrogen and oxygen atoms in total. The van der Waals surface area contributed by atoms with Crippen molar-refractivity contribution in [2.24, 2.45) is 0 Å². The van der Waals surface area contributed by atoms with Crippen molar-refractivity contribution >= 4 is 23.7 Å². The van der Waals surface area contributed by atoms with Crippen LogP contribution < -0.4 is 5.32 Å². The highest BCUT2D eigenvalue weighted by atomic mass is 19.4. The maximum Gasteiger partial charge on any atom is 0.490 e. The zero-order valence-electron chi connectivity index (χ0n) is 13.2. The predicted octanol–water partition coefficient (Wildman–Crippen LogP) is -0.243. The molecular weight excluding hydrogens is 347 g/mol. The molecule has 2 rings (SSSR count). The van der Waals surface area contributed by atoms with Gasteiger partial charge < -0.3 is 15.3 Å². The number of hydrogen-bond acceptors (Lipinski definition) is 5. The first-order valence-corrected chi connectivity index (χ1v) is 7.45. The van der Waals surface area contributed by atoms with Crippen LogP contribution in [0.3, 0.4) is 0 Å². The van der Waals surface area contributed by atoms with Crippen LogP contribution in [0.5, 0.6) is 0 Å². The fourth-order valence-corrected chi connectivity index (χ4v) is 2.11. The Kier molecular flexibility index (Phi) is 7.55. The number of halogens is 3. The molecular formula is C14H18F3N3O5. The standard InChI is InChI=1S/C12H17N3O3.C2HF3O2/c16-10(14-8-5-13-6-9-14)2-1-7-15-11(17)3-4-12(15)18;3-2(4,5)1(6)7/h3-4,13H,1-2,5-9H2;(H,6,7). The highest BCUT2D eigenvalue weighted by Crippen LogP contribution is 2.13. The molecule has 0 aliphatic carbocycles. The average molecular weight is 365 g/mol. The van der Waals surface area contributed by atoms with Gasteiger partial charge in [-0.05, 0) is 6.42 Å². The third kappa shape index (κ3) is 6.91. The Morgan fingerprint density at radius 2 is 1.60 bits per heavy atom. The smallest absolute Gasteiger partial charge is 0.475 e. The Morgan fingerprint density at radius 1 is 1.12 bits per heavy atom. The Hall–Kier alpha value is -2.43. The zero-order valence-corrected chi connectivity index (χ0v) is 13.2. The van der Waals surface area contributed by atoms with Crippen LogP contribution in [0.2, 0.25) is 0 Å². The third-order valence-corrected chi connectivity index (χ3v) is 3.39. The number of carbonyl (C=O) groups excluding carboxylic acids is 3. The van der Waals surface area contributed by atoms with Gasteiger partial charge in [-0.2, -0.15) is 13.2 Å². The second-order valence-corrected chi connectivity index (χ2v) is 5.20. The van der Waals surface area contributed by atoms with Gasteiger partial charge in [0.25, 0.3) is 11.8 Å². The maximum absolute atomic E-state index is 11.8. The monoisotopic (exact) mass is 365 g/mol. The summed E-state index contributed by atoms with van der Waals surface area (Å²) in [4.78, 5) is 46.3. The number of piperazine rings is 1. The van der Waals surface area contributed by atoms with E-state index in [-0.39, 0.29) is 17.7 Å². The van der Waals surface area contributed by atoms with E-state index in [0.29, 0.717) is 19.4 Å². The normalized spacial score (nSPS) is 17.4. The number of carbonyl (C=O) groups is 4. The van der Waals surface area contributed by atoms with Gasteiger partial charge in [-0.15, -0.1) is 0 Å². The van der Waals surface area contributed by atoms with Crippen LogP contribution in [-0.2, 0) is 19.2 Å². The van der Waals surface area contributed by atoms with Gasteiger partial charge in [-0.3, -0.25) is 19.3 Å². The zero-order chi connectivity index (χ0) is 19.0. The van der Waals surface area contributed by atoms with E-state index in [1.54, 1.807) is 0 Å². The molecule has 1 saturated heterocycles. The third-order valence-electron chi connectivity index (χ3n) is 3.39. The van der Waals surface area contributed by atoms with Gasteiger partial charge in [-0.1, -0.05) is 0 Å². The lowest BCUT2D eigenvalue weighted by Gasteiger charge is -2.27. The quantitative estimate of drug-likeness (QED) is 0.666. The van der Waals surface area contributed by atoms with Crippen LogP contribution in [0.4, 0.5) is 13.2 Å². The second-order valence-electron chi connectivity index (χ2n) is 5.20. The summed E-state index contributed by atoms with van der Waals surface area (Å²) in [6.07, 6.45) is -1.64. The van der Waals surface area contributed by atoms with Gasteiger partial charge in [0.05, 0.1) is 0 Å². The van der Waals surface area contributed by atoms with Crippen molar-refractivity contribution in [2.45, 2.75) is 19.0 Å². The van der Waals surface area contributed by atoms with Crippen LogP contribution in [-0.4, -0.2) is 77.5 Å². The minimum absolute atomic E-state index is 0.101. The molecule has 2 heterocycles. The van der Waals surface area contributed by atoms with Crippen molar-refractivity contribution in [3.05, 3.63) is 12.2 Å². The van der Waals surface area contributed by atoms with Crippen molar-refractivity contribution in [1.82, 2.24) is 15.1 Å². The van der Waals surface area contributed by atoms with E-state index in [1.165, 1.54) is 17.1 Å². The van der Waals surface area contributed by atoms with Crippen LogP contribution >= 0.6 is 0 Å². The van der Waals surface area contributed by atoms with E-state index >= 15 is 0 Å². The first-order chi connectivity index (χ1) is 11.6. The van der Waals surface area contributed by atoms with Crippen molar-refractivity contribution in [2.75, 3.05) is 32.7 Å². The number of nitrogens with zero attached hydrogens (tertiary/aromatic N) is 2. The minimum atomic E-state index is -5.08. The number of carboxylic acids is 1. The molecule has 0 aromatic carbocycles. The molecule has 0 atom stereocenters. The highest BCUT2D eigenvalue weighted by Gasteiger charge is 2.38. The molecule has 0 aromatic rings. The second kappa shape index (κ2) is 9.16. The fourth-order valence-electron chi connectivity index (χ4n) is 2.11. The van der Waals surface area contributed by atoms with E-state index in [9.17, 15) is 27.6 Å². The fraction of sp³-hybridized carbons (Fsp3) is 0.571. The molecule has 0 radical (unpaired) electrons. The molecule has 0 spiro atoms. The van der Waals surface area contributed by atoms with Crippen molar-refractivity contribution in [3.63, 3.8) is 0 Å². The van der Waals surface area contributed by atoms with E-state index < -0.39 is 12.1 Å². The minimum Gasteiger partial charge on any atom is -0.475 e. The van der Waals surface area contributed by atoms with Crippen LogP contribution in [0.25, 0.3) is 0 Å². The number of aliphatic carboxylic acids is 1. The summed E-state index contributed by atoms with van der Waals surface area (Å²) in [6, 6.07) is 0. The first kappa shape index (κ1) is 20.6. The highest BCUT2D eigenvalue weighted by molar-refractivity contribution is 6.12. The molecule has 0 aromatic heterocycles. The SMILES string of the molecule is O=C(CCCN1C(=O)C=CC1=O)N1CCNCC1.O=C(O)C(F)(F)F. The Balaban J connectivity index is 0.000000381. The predicted molar refractivity (Wildman–Crippen MR) is 78.2 cm³/mol. The summed E-state index contributed by atoms with van der Waals surface area (Å²) in [5.74, 6) is -3.22. The Bertz CT molecular complexity index is 538. The molecule has 0 bridgehead atoms. The van der Waals surface area contributed by atoms with Crippen molar-refractivity contribution < 1.29 is 37.5 Å².